The SMILES string of the molecule is CC12CC=C3CC4(F)CC(O)CCC4CC[C@]3(O)C1CC=C2c1ccc2[nH]nc(N)c2c1.CNC. The maximum absolute atomic E-state index is 16.1. The number of anilines is 1. The van der Waals surface area contributed by atoms with Gasteiger partial charge in [0.1, 0.15) is 5.67 Å². The van der Waals surface area contributed by atoms with Crippen molar-refractivity contribution >= 4 is 22.3 Å². The van der Waals surface area contributed by atoms with Gasteiger partial charge in [-0.05, 0) is 87.4 Å². The number of rotatable bonds is 1. The number of aromatic nitrogens is 2. The van der Waals surface area contributed by atoms with Crippen molar-refractivity contribution in [2.24, 2.45) is 17.3 Å². The summed E-state index contributed by atoms with van der Waals surface area (Å²) in [4.78, 5) is 0. The predicted octanol–water partition coefficient (Wildman–Crippen LogP) is 4.50. The number of aliphatic hydroxyl groups excluding tert-OH is 1. The van der Waals surface area contributed by atoms with Crippen LogP contribution in [0.15, 0.2) is 35.9 Å². The summed E-state index contributed by atoms with van der Waals surface area (Å²) in [5.74, 6) is 0.442. The Kier molecular flexibility index (Phi) is 6.09. The Morgan fingerprint density at radius 1 is 1.20 bits per heavy atom. The van der Waals surface area contributed by atoms with E-state index >= 15 is 4.39 Å². The topological polar surface area (TPSA) is 107 Å². The van der Waals surface area contributed by atoms with Gasteiger partial charge in [0.15, 0.2) is 5.82 Å². The van der Waals surface area contributed by atoms with Crippen LogP contribution in [0.1, 0.15) is 63.9 Å². The summed E-state index contributed by atoms with van der Waals surface area (Å²) >= 11 is 0. The molecule has 190 valence electrons. The van der Waals surface area contributed by atoms with Gasteiger partial charge < -0.3 is 21.3 Å². The van der Waals surface area contributed by atoms with E-state index < -0.39 is 17.4 Å². The molecule has 7 heteroatoms. The fraction of sp³-hybridized carbons (Fsp3) is 0.607. The first kappa shape index (κ1) is 24.5. The average Bonchev–Trinajstić information content (AvgIpc) is 3.33. The summed E-state index contributed by atoms with van der Waals surface area (Å²) in [6.07, 6.45) is 8.48. The van der Waals surface area contributed by atoms with Gasteiger partial charge in [0.25, 0.3) is 0 Å². The van der Waals surface area contributed by atoms with Crippen LogP contribution in [0.2, 0.25) is 0 Å². The highest BCUT2D eigenvalue weighted by atomic mass is 19.1. The van der Waals surface area contributed by atoms with Gasteiger partial charge in [-0.3, -0.25) is 5.10 Å². The Morgan fingerprint density at radius 3 is 2.74 bits per heavy atom. The standard InChI is InChI=1S/C26H32FN3O2.C2H7N/c1-24-10-8-17-13-25(27)14-18(31)4-3-16(25)9-11-26(17,32)22(24)7-5-20(24)15-2-6-21-19(12-15)23(28)30-29-21;1-3-2/h2,5-6,8,12,16,18,22,31-32H,3-4,7,9-11,13-14H2,1H3,(H3,28,29,30);3H,1-2H3/t16?,18?,22?,24?,25?,26-;/m1./s1. The number of benzene rings is 1. The van der Waals surface area contributed by atoms with Gasteiger partial charge in [-0.2, -0.15) is 5.10 Å². The number of allylic oxidation sites excluding steroid dienone is 3. The lowest BCUT2D eigenvalue weighted by Gasteiger charge is -2.49. The number of nitrogens with one attached hydrogen (secondary N) is 2. The number of aromatic amines is 1. The molecule has 35 heavy (non-hydrogen) atoms. The fourth-order valence-electron chi connectivity index (χ4n) is 7.48. The Labute approximate surface area is 206 Å². The maximum Gasteiger partial charge on any atom is 0.153 e. The largest absolute Gasteiger partial charge is 0.393 e. The van der Waals surface area contributed by atoms with E-state index in [0.29, 0.717) is 31.5 Å². The molecule has 1 heterocycles. The molecule has 6 atom stereocenters. The van der Waals surface area contributed by atoms with Crippen LogP contribution in [0, 0.1) is 17.3 Å². The van der Waals surface area contributed by atoms with E-state index in [1.807, 2.05) is 20.2 Å². The summed E-state index contributed by atoms with van der Waals surface area (Å²) in [6, 6.07) is 6.21. The first-order chi connectivity index (χ1) is 16.6. The smallest absolute Gasteiger partial charge is 0.153 e. The van der Waals surface area contributed by atoms with Crippen molar-refractivity contribution in [2.75, 3.05) is 19.8 Å². The van der Waals surface area contributed by atoms with Crippen molar-refractivity contribution in [3.8, 4) is 0 Å². The third-order valence-electron chi connectivity index (χ3n) is 9.26. The van der Waals surface area contributed by atoms with Crippen LogP contribution >= 0.6 is 0 Å². The summed E-state index contributed by atoms with van der Waals surface area (Å²) in [6.45, 7) is 2.25. The van der Waals surface area contributed by atoms with E-state index in [-0.39, 0.29) is 30.1 Å². The second kappa shape index (κ2) is 8.71. The molecule has 0 amide bonds. The number of halogens is 1. The zero-order valence-corrected chi connectivity index (χ0v) is 21.1. The number of aliphatic hydroxyl groups is 2. The Balaban J connectivity index is 0.000000806. The number of hydrogen-bond donors (Lipinski definition) is 5. The number of alkyl halides is 1. The molecule has 0 aliphatic heterocycles. The molecule has 0 bridgehead atoms. The molecule has 5 unspecified atom stereocenters. The minimum Gasteiger partial charge on any atom is -0.393 e. The van der Waals surface area contributed by atoms with Crippen LogP contribution in [0.4, 0.5) is 10.2 Å². The highest BCUT2D eigenvalue weighted by Gasteiger charge is 2.59. The lowest BCUT2D eigenvalue weighted by molar-refractivity contribution is -0.0359. The first-order valence-corrected chi connectivity index (χ1v) is 13.0. The van der Waals surface area contributed by atoms with Gasteiger partial charge in [-0.25, -0.2) is 4.39 Å². The van der Waals surface area contributed by atoms with Gasteiger partial charge in [0.2, 0.25) is 0 Å². The fourth-order valence-corrected chi connectivity index (χ4v) is 7.48. The predicted molar refractivity (Wildman–Crippen MR) is 138 cm³/mol. The van der Waals surface area contributed by atoms with Gasteiger partial charge in [-0.15, -0.1) is 0 Å². The van der Waals surface area contributed by atoms with E-state index in [9.17, 15) is 10.2 Å². The molecule has 1 aromatic carbocycles. The van der Waals surface area contributed by atoms with Gasteiger partial charge in [0.05, 0.1) is 17.2 Å². The van der Waals surface area contributed by atoms with Crippen molar-refractivity contribution < 1.29 is 14.6 Å². The van der Waals surface area contributed by atoms with Crippen molar-refractivity contribution in [2.45, 2.75) is 75.7 Å². The molecule has 1 aromatic heterocycles. The number of nitrogens with zero attached hydrogens (tertiary/aromatic N) is 1. The molecule has 6 rings (SSSR count). The molecule has 0 spiro atoms. The van der Waals surface area contributed by atoms with Crippen LogP contribution in [0.3, 0.4) is 0 Å². The molecular weight excluding hydrogens is 443 g/mol. The molecule has 2 saturated carbocycles. The third kappa shape index (κ3) is 3.83. The molecule has 6 nitrogen and oxygen atoms in total. The number of nitrogens with two attached hydrogens (primary N) is 1. The minimum atomic E-state index is -1.40. The molecule has 2 fully saturated rings. The van der Waals surface area contributed by atoms with Crippen LogP contribution < -0.4 is 11.1 Å². The van der Waals surface area contributed by atoms with Gasteiger partial charge in [0, 0.05) is 29.6 Å². The second-order valence-corrected chi connectivity index (χ2v) is 11.4. The maximum atomic E-state index is 16.1. The Bertz CT molecular complexity index is 1170. The highest BCUT2D eigenvalue weighted by Crippen LogP contribution is 2.63. The lowest BCUT2D eigenvalue weighted by atomic mass is 9.58. The van der Waals surface area contributed by atoms with E-state index in [2.05, 4.69) is 46.7 Å². The summed E-state index contributed by atoms with van der Waals surface area (Å²) < 4.78 is 16.1. The zero-order chi connectivity index (χ0) is 25.0. The summed E-state index contributed by atoms with van der Waals surface area (Å²) in [7, 11) is 3.75. The van der Waals surface area contributed by atoms with Crippen molar-refractivity contribution in [1.29, 1.82) is 0 Å². The third-order valence-corrected chi connectivity index (χ3v) is 9.26. The zero-order valence-electron chi connectivity index (χ0n) is 21.1. The van der Waals surface area contributed by atoms with Crippen LogP contribution in [0.5, 0.6) is 0 Å². The number of H-pyrrole nitrogens is 1. The second-order valence-electron chi connectivity index (χ2n) is 11.4. The number of nitrogen functional groups attached to an aromatic ring is 1. The number of hydrogen-bond acceptors (Lipinski definition) is 5. The van der Waals surface area contributed by atoms with E-state index in [1.54, 1.807) is 0 Å². The van der Waals surface area contributed by atoms with Crippen LogP contribution in [-0.4, -0.2) is 51.9 Å². The Morgan fingerprint density at radius 2 is 1.97 bits per heavy atom. The van der Waals surface area contributed by atoms with E-state index in [1.165, 1.54) is 5.57 Å². The van der Waals surface area contributed by atoms with E-state index in [4.69, 9.17) is 5.73 Å². The number of fused-ring (bicyclic) bond motifs is 5. The van der Waals surface area contributed by atoms with Crippen LogP contribution in [-0.2, 0) is 0 Å². The van der Waals surface area contributed by atoms with Gasteiger partial charge >= 0.3 is 0 Å². The molecule has 0 radical (unpaired) electrons. The van der Waals surface area contributed by atoms with Crippen LogP contribution in [0.25, 0.3) is 16.5 Å². The van der Waals surface area contributed by atoms with Crippen molar-refractivity contribution in [1.82, 2.24) is 15.5 Å². The highest BCUT2D eigenvalue weighted by molar-refractivity contribution is 5.92. The average molecular weight is 483 g/mol. The lowest BCUT2D eigenvalue weighted by Crippen LogP contribution is -2.49. The van der Waals surface area contributed by atoms with Crippen molar-refractivity contribution in [3.63, 3.8) is 0 Å². The van der Waals surface area contributed by atoms with Crippen molar-refractivity contribution in [3.05, 3.63) is 41.5 Å². The molecular formula is C28H39FN4O2. The monoisotopic (exact) mass is 482 g/mol. The Hall–Kier alpha value is -2.22. The minimum absolute atomic E-state index is 0.0241. The van der Waals surface area contributed by atoms with Gasteiger partial charge in [-0.1, -0.05) is 25.1 Å². The molecule has 2 aromatic rings. The first-order valence-electron chi connectivity index (χ1n) is 13.0. The summed E-state index contributed by atoms with van der Waals surface area (Å²) in [5, 5.41) is 33.0. The molecule has 4 aliphatic carbocycles. The molecule has 6 N–H and O–H groups in total. The molecule has 0 saturated heterocycles. The van der Waals surface area contributed by atoms with E-state index in [0.717, 1.165) is 34.9 Å². The molecule has 4 aliphatic rings. The quantitative estimate of drug-likeness (QED) is 0.385. The normalized spacial score (nSPS) is 38.3. The summed E-state index contributed by atoms with van der Waals surface area (Å²) in [5.41, 5.74) is 7.56.